The number of nitrogens with one attached hydrogen (secondary N) is 2. The van der Waals surface area contributed by atoms with Crippen molar-refractivity contribution in [1.82, 2.24) is 24.8 Å². The normalized spacial score (nSPS) is 21.7. The van der Waals surface area contributed by atoms with Gasteiger partial charge in [0.15, 0.2) is 11.6 Å². The smallest absolute Gasteiger partial charge is 0.317 e. The number of hydrogen-bond donors (Lipinski definition) is 3. The summed E-state index contributed by atoms with van der Waals surface area (Å²) in [7, 11) is 0. The van der Waals surface area contributed by atoms with Gasteiger partial charge in [-0.15, -0.1) is 0 Å². The summed E-state index contributed by atoms with van der Waals surface area (Å²) in [6.45, 7) is 1.10. The Bertz CT molecular complexity index is 1420. The van der Waals surface area contributed by atoms with Crippen molar-refractivity contribution in [1.29, 1.82) is 0 Å². The van der Waals surface area contributed by atoms with Crippen LogP contribution < -0.4 is 10.6 Å². The molecule has 1 saturated heterocycles. The zero-order valence-corrected chi connectivity index (χ0v) is 21.4. The van der Waals surface area contributed by atoms with Crippen LogP contribution in [-0.2, 0) is 23.2 Å². The first-order valence-electron chi connectivity index (χ1n) is 13.3. The summed E-state index contributed by atoms with van der Waals surface area (Å²) >= 11 is 0. The van der Waals surface area contributed by atoms with Crippen LogP contribution in [0.2, 0.25) is 0 Å². The van der Waals surface area contributed by atoms with Crippen molar-refractivity contribution < 1.29 is 23.5 Å². The number of imidazole rings is 1. The molecule has 1 fully saturated rings. The van der Waals surface area contributed by atoms with Crippen LogP contribution in [0.4, 0.5) is 19.4 Å². The summed E-state index contributed by atoms with van der Waals surface area (Å²) < 4.78 is 30.7. The lowest BCUT2D eigenvalue weighted by Crippen LogP contribution is -2.51. The maximum absolute atomic E-state index is 14.7. The number of benzene rings is 1. The molecule has 1 aromatic carbocycles. The summed E-state index contributed by atoms with van der Waals surface area (Å²) in [5.41, 5.74) is 1.27. The van der Waals surface area contributed by atoms with Gasteiger partial charge in [0.2, 0.25) is 5.91 Å². The molecule has 3 aliphatic rings. The highest BCUT2D eigenvalue weighted by molar-refractivity contribution is 6.05. The summed E-state index contributed by atoms with van der Waals surface area (Å²) in [4.78, 5) is 36.9. The van der Waals surface area contributed by atoms with E-state index in [0.29, 0.717) is 68.9 Å². The van der Waals surface area contributed by atoms with E-state index in [1.54, 1.807) is 23.4 Å². The Labute approximate surface area is 224 Å². The third-order valence-corrected chi connectivity index (χ3v) is 8.47. The van der Waals surface area contributed by atoms with Crippen LogP contribution in [0, 0.1) is 11.6 Å². The number of amides is 3. The van der Waals surface area contributed by atoms with E-state index in [4.69, 9.17) is 0 Å². The number of urea groups is 1. The van der Waals surface area contributed by atoms with E-state index in [0.717, 1.165) is 17.3 Å². The number of aliphatic hydroxyl groups excluding tert-OH is 1. The number of hydrogen-bond acceptors (Lipinski definition) is 5. The van der Waals surface area contributed by atoms with Gasteiger partial charge in [-0.25, -0.2) is 23.5 Å². The van der Waals surface area contributed by atoms with E-state index in [-0.39, 0.29) is 24.5 Å². The monoisotopic (exact) mass is 536 g/mol. The fourth-order valence-electron chi connectivity index (χ4n) is 6.33. The third kappa shape index (κ3) is 4.34. The van der Waals surface area contributed by atoms with Crippen molar-refractivity contribution in [2.24, 2.45) is 0 Å². The lowest BCUT2D eigenvalue weighted by atomic mass is 9.74. The number of carbonyl (C=O) groups is 2. The maximum atomic E-state index is 14.7. The molecule has 2 aromatic heterocycles. The average Bonchev–Trinajstić information content (AvgIpc) is 3.39. The number of piperidine rings is 1. The average molecular weight is 537 g/mol. The second-order valence-corrected chi connectivity index (χ2v) is 10.5. The molecule has 39 heavy (non-hydrogen) atoms. The number of nitrogens with zero attached hydrogens (tertiary/aromatic N) is 4. The van der Waals surface area contributed by atoms with Crippen LogP contribution in [-0.4, -0.2) is 56.2 Å². The zero-order chi connectivity index (χ0) is 27.1. The minimum Gasteiger partial charge on any atom is -0.396 e. The van der Waals surface area contributed by atoms with E-state index < -0.39 is 23.1 Å². The third-order valence-electron chi connectivity index (χ3n) is 8.47. The van der Waals surface area contributed by atoms with Gasteiger partial charge in [0.1, 0.15) is 11.6 Å². The molecule has 0 saturated carbocycles. The Kier molecular flexibility index (Phi) is 6.54. The van der Waals surface area contributed by atoms with Crippen molar-refractivity contribution in [2.75, 3.05) is 25.0 Å². The van der Waals surface area contributed by atoms with Crippen LogP contribution in [0.5, 0.6) is 0 Å². The molecule has 5 heterocycles. The largest absolute Gasteiger partial charge is 0.396 e. The van der Waals surface area contributed by atoms with E-state index in [1.165, 1.54) is 6.07 Å². The predicted octanol–water partition coefficient (Wildman–Crippen LogP) is 3.41. The SMILES string of the molecule is O=C(N[C@@H]1CC[C@@H](c2cccc(F)c2F)Cn2c(CCO)cnc21)N1CCC2(CC1)C(=O)Nc1ncccc12. The molecule has 9 nitrogen and oxygen atoms in total. The highest BCUT2D eigenvalue weighted by Crippen LogP contribution is 2.44. The van der Waals surface area contributed by atoms with Crippen molar-refractivity contribution >= 4 is 17.8 Å². The summed E-state index contributed by atoms with van der Waals surface area (Å²) in [6.07, 6.45) is 5.66. The molecule has 3 aliphatic heterocycles. The van der Waals surface area contributed by atoms with E-state index >= 15 is 0 Å². The van der Waals surface area contributed by atoms with Crippen LogP contribution in [0.1, 0.15) is 60.3 Å². The van der Waals surface area contributed by atoms with Crippen LogP contribution >= 0.6 is 0 Å². The standard InChI is InChI=1S/C28H30F2N6O3/c29-21-5-1-3-19(23(21)30)17-6-7-22(25-32-15-18(8-14-37)36(25)16-17)33-27(39)35-12-9-28(10-13-35)20-4-2-11-31-24(20)34-26(28)38/h1-5,11,15,17,22,37H,6-10,12-14,16H2,(H,33,39)(H,31,34,38)/t17-,22-/m1/s1. The second-order valence-electron chi connectivity index (χ2n) is 10.5. The number of anilines is 1. The number of halogens is 2. The first-order chi connectivity index (χ1) is 18.9. The van der Waals surface area contributed by atoms with Gasteiger partial charge < -0.3 is 25.2 Å². The lowest BCUT2D eigenvalue weighted by Gasteiger charge is -2.38. The van der Waals surface area contributed by atoms with Gasteiger partial charge in [0, 0.05) is 62.2 Å². The summed E-state index contributed by atoms with van der Waals surface area (Å²) in [5, 5.41) is 15.5. The molecule has 204 valence electrons. The summed E-state index contributed by atoms with van der Waals surface area (Å²) in [5.74, 6) is -0.916. The highest BCUT2D eigenvalue weighted by Gasteiger charge is 2.49. The van der Waals surface area contributed by atoms with E-state index in [1.807, 2.05) is 16.7 Å². The molecule has 0 radical (unpaired) electrons. The number of aromatic nitrogens is 3. The van der Waals surface area contributed by atoms with Gasteiger partial charge in [-0.3, -0.25) is 4.79 Å². The number of likely N-dealkylation sites (tertiary alicyclic amines) is 1. The maximum Gasteiger partial charge on any atom is 0.317 e. The molecule has 1 spiro atoms. The molecule has 3 aromatic rings. The van der Waals surface area contributed by atoms with E-state index in [9.17, 15) is 23.5 Å². The van der Waals surface area contributed by atoms with Gasteiger partial charge in [0.25, 0.3) is 0 Å². The lowest BCUT2D eigenvalue weighted by molar-refractivity contribution is -0.122. The zero-order valence-electron chi connectivity index (χ0n) is 21.4. The molecule has 6 rings (SSSR count). The quantitative estimate of drug-likeness (QED) is 0.473. The van der Waals surface area contributed by atoms with Crippen molar-refractivity contribution in [3.8, 4) is 0 Å². The van der Waals surface area contributed by atoms with E-state index in [2.05, 4.69) is 20.6 Å². The first-order valence-corrected chi connectivity index (χ1v) is 13.3. The molecule has 3 amide bonds. The van der Waals surface area contributed by atoms with Gasteiger partial charge in [-0.2, -0.15) is 0 Å². The molecule has 0 aliphatic carbocycles. The Hall–Kier alpha value is -3.86. The topological polar surface area (TPSA) is 112 Å². The Balaban J connectivity index is 1.20. The molecule has 0 bridgehead atoms. The number of carbonyl (C=O) groups excluding carboxylic acids is 2. The van der Waals surface area contributed by atoms with Crippen molar-refractivity contribution in [2.45, 2.75) is 56.0 Å². The molecular weight excluding hydrogens is 506 g/mol. The van der Waals surface area contributed by atoms with Gasteiger partial charge in [0.05, 0.1) is 11.5 Å². The Morgan fingerprint density at radius 2 is 1.97 bits per heavy atom. The van der Waals surface area contributed by atoms with Crippen LogP contribution in [0.3, 0.4) is 0 Å². The highest BCUT2D eigenvalue weighted by atomic mass is 19.2. The first kappa shape index (κ1) is 25.4. The van der Waals surface area contributed by atoms with Crippen molar-refractivity contribution in [3.63, 3.8) is 0 Å². The van der Waals surface area contributed by atoms with Gasteiger partial charge in [-0.1, -0.05) is 18.2 Å². The van der Waals surface area contributed by atoms with Gasteiger partial charge >= 0.3 is 6.03 Å². The molecule has 11 heteroatoms. The number of aliphatic hydroxyl groups is 1. The molecule has 0 unspecified atom stereocenters. The van der Waals surface area contributed by atoms with Crippen LogP contribution in [0.15, 0.2) is 42.7 Å². The minimum absolute atomic E-state index is 0.0749. The van der Waals surface area contributed by atoms with Gasteiger partial charge in [-0.05, 0) is 43.4 Å². The minimum atomic E-state index is -0.889. The fourth-order valence-corrected chi connectivity index (χ4v) is 6.33. The molecule has 3 N–H and O–H groups in total. The summed E-state index contributed by atoms with van der Waals surface area (Å²) in [6, 6.07) is 7.25. The second kappa shape index (κ2) is 10.0. The number of rotatable bonds is 4. The number of fused-ring (bicyclic) bond motifs is 3. The Morgan fingerprint density at radius 3 is 2.77 bits per heavy atom. The number of pyridine rings is 1. The van der Waals surface area contributed by atoms with Crippen molar-refractivity contribution in [3.05, 3.63) is 77.0 Å². The van der Waals surface area contributed by atoms with Crippen LogP contribution in [0.25, 0.3) is 0 Å². The molecule has 2 atom stereocenters. The Morgan fingerprint density at radius 1 is 1.15 bits per heavy atom. The molecular formula is C28H30F2N6O3. The predicted molar refractivity (Wildman–Crippen MR) is 138 cm³/mol. The fraction of sp³-hybridized carbons (Fsp3) is 0.429.